The number of hydrogen-bond acceptors (Lipinski definition) is 5. The Bertz CT molecular complexity index is 895. The summed E-state index contributed by atoms with van der Waals surface area (Å²) in [6, 6.07) is 16.7. The molecular weight excluding hydrogens is 356 g/mol. The van der Waals surface area contributed by atoms with Gasteiger partial charge in [-0.2, -0.15) is 5.26 Å². The molecule has 0 unspecified atom stereocenters. The van der Waals surface area contributed by atoms with Crippen molar-refractivity contribution in [2.24, 2.45) is 0 Å². The van der Waals surface area contributed by atoms with Gasteiger partial charge < -0.3 is 14.5 Å². The number of nitro benzene ring substituents is 1. The van der Waals surface area contributed by atoms with Crippen LogP contribution in [-0.4, -0.2) is 43.1 Å². The van der Waals surface area contributed by atoms with Crippen LogP contribution >= 0.6 is 0 Å². The number of nitrogens with one attached hydrogen (secondary N) is 1. The summed E-state index contributed by atoms with van der Waals surface area (Å²) in [7, 11) is 1.66. The number of hydrogen-bond donors (Lipinski definition) is 1. The Morgan fingerprint density at radius 3 is 2.61 bits per heavy atom. The second-order valence-corrected chi connectivity index (χ2v) is 6.73. The van der Waals surface area contributed by atoms with Crippen LogP contribution in [0.2, 0.25) is 0 Å². The van der Waals surface area contributed by atoms with E-state index < -0.39 is 4.92 Å². The smallest absolute Gasteiger partial charge is 0.270 e. The molecule has 1 aliphatic heterocycles. The van der Waals surface area contributed by atoms with Gasteiger partial charge in [0.2, 0.25) is 0 Å². The van der Waals surface area contributed by atoms with Crippen LogP contribution in [0.4, 0.5) is 5.69 Å². The molecule has 28 heavy (non-hydrogen) atoms. The molecule has 3 rings (SSSR count). The van der Waals surface area contributed by atoms with Crippen LogP contribution in [0.15, 0.2) is 54.6 Å². The maximum absolute atomic E-state index is 11.1. The number of nitrogens with zero attached hydrogens (tertiary/aromatic N) is 3. The topological polar surface area (TPSA) is 83.8 Å². The number of piperazine rings is 1. The fourth-order valence-corrected chi connectivity index (χ4v) is 3.47. The summed E-state index contributed by atoms with van der Waals surface area (Å²) in [5, 5.41) is 20.3. The number of methoxy groups -OCH3 is 1. The molecule has 2 aromatic rings. The summed E-state index contributed by atoms with van der Waals surface area (Å²) in [6.07, 6.45) is 1.48. The third kappa shape index (κ3) is 4.67. The molecule has 1 N–H and O–H groups in total. The standard InChI is InChI=1S/C21H22N4O3/c1-28-20-7-5-17(6-8-20)16-23-11-13-24(14-12-23)21(9-10-22)18-3-2-4-19(15-18)25(26)27/h2-9,15H,11-14,16H2,1H3/p+1/b21-9-. The number of nitro groups is 1. The first kappa shape index (κ1) is 19.4. The number of benzene rings is 2. The van der Waals surface area contributed by atoms with Crippen LogP contribution in [0.1, 0.15) is 11.1 Å². The first-order chi connectivity index (χ1) is 13.6. The lowest BCUT2D eigenvalue weighted by Crippen LogP contribution is -3.13. The fourth-order valence-electron chi connectivity index (χ4n) is 3.47. The van der Waals surface area contributed by atoms with Gasteiger partial charge in [-0.05, 0) is 24.3 Å². The largest absolute Gasteiger partial charge is 0.497 e. The molecule has 0 spiro atoms. The average molecular weight is 379 g/mol. The molecule has 0 atom stereocenters. The molecule has 0 aromatic heterocycles. The predicted octanol–water partition coefficient (Wildman–Crippen LogP) is 1.87. The lowest BCUT2D eigenvalue weighted by molar-refractivity contribution is -0.917. The minimum Gasteiger partial charge on any atom is -0.497 e. The third-order valence-electron chi connectivity index (χ3n) is 4.98. The van der Waals surface area contributed by atoms with E-state index in [1.807, 2.05) is 18.2 Å². The van der Waals surface area contributed by atoms with Crippen molar-refractivity contribution >= 4 is 11.4 Å². The van der Waals surface area contributed by atoms with Crippen molar-refractivity contribution in [3.63, 3.8) is 0 Å². The zero-order chi connectivity index (χ0) is 19.9. The number of rotatable bonds is 6. The highest BCUT2D eigenvalue weighted by molar-refractivity contribution is 5.68. The van der Waals surface area contributed by atoms with Gasteiger partial charge in [-0.3, -0.25) is 10.1 Å². The molecule has 0 amide bonds. The molecule has 7 nitrogen and oxygen atoms in total. The molecule has 1 saturated heterocycles. The quantitative estimate of drug-likeness (QED) is 0.471. The molecule has 7 heteroatoms. The number of nitriles is 1. The molecular formula is C21H23N4O3+. The normalized spacial score (nSPS) is 15.1. The first-order valence-corrected chi connectivity index (χ1v) is 9.17. The van der Waals surface area contributed by atoms with Crippen LogP contribution in [0.5, 0.6) is 5.75 Å². The molecule has 2 aromatic carbocycles. The van der Waals surface area contributed by atoms with Crippen LogP contribution in [0, 0.1) is 21.4 Å². The maximum atomic E-state index is 11.1. The average Bonchev–Trinajstić information content (AvgIpc) is 2.73. The van der Waals surface area contributed by atoms with Crippen molar-refractivity contribution in [2.45, 2.75) is 6.54 Å². The monoisotopic (exact) mass is 379 g/mol. The zero-order valence-electron chi connectivity index (χ0n) is 15.8. The summed E-state index contributed by atoms with van der Waals surface area (Å²) in [4.78, 5) is 14.3. The maximum Gasteiger partial charge on any atom is 0.270 e. The van der Waals surface area contributed by atoms with E-state index in [0.717, 1.165) is 44.2 Å². The third-order valence-corrected chi connectivity index (χ3v) is 4.98. The molecule has 1 fully saturated rings. The van der Waals surface area contributed by atoms with Gasteiger partial charge in [-0.1, -0.05) is 12.1 Å². The first-order valence-electron chi connectivity index (χ1n) is 9.17. The Hall–Kier alpha value is -3.37. The Morgan fingerprint density at radius 2 is 2.00 bits per heavy atom. The highest BCUT2D eigenvalue weighted by atomic mass is 16.6. The zero-order valence-corrected chi connectivity index (χ0v) is 15.8. The summed E-state index contributed by atoms with van der Waals surface area (Å²) >= 11 is 0. The van der Waals surface area contributed by atoms with E-state index >= 15 is 0 Å². The second-order valence-electron chi connectivity index (χ2n) is 6.73. The molecule has 0 aliphatic carbocycles. The van der Waals surface area contributed by atoms with E-state index in [4.69, 9.17) is 4.74 Å². The Labute approximate surface area is 164 Å². The van der Waals surface area contributed by atoms with Gasteiger partial charge in [0.15, 0.2) is 0 Å². The van der Waals surface area contributed by atoms with E-state index in [9.17, 15) is 15.4 Å². The van der Waals surface area contributed by atoms with Crippen molar-refractivity contribution in [1.82, 2.24) is 4.90 Å². The summed E-state index contributed by atoms with van der Waals surface area (Å²) in [5.74, 6) is 0.854. The van der Waals surface area contributed by atoms with Crippen LogP contribution in [0.25, 0.3) is 5.70 Å². The van der Waals surface area contributed by atoms with Crippen LogP contribution in [-0.2, 0) is 6.54 Å². The Morgan fingerprint density at radius 1 is 1.29 bits per heavy atom. The lowest BCUT2D eigenvalue weighted by atomic mass is 10.1. The summed E-state index contributed by atoms with van der Waals surface area (Å²) in [6.45, 7) is 4.39. The predicted molar refractivity (Wildman–Crippen MR) is 106 cm³/mol. The highest BCUT2D eigenvalue weighted by Crippen LogP contribution is 2.23. The van der Waals surface area contributed by atoms with Crippen molar-refractivity contribution in [2.75, 3.05) is 33.3 Å². The Balaban J connectivity index is 1.66. The van der Waals surface area contributed by atoms with Crippen LogP contribution in [0.3, 0.4) is 0 Å². The molecule has 0 saturated carbocycles. The van der Waals surface area contributed by atoms with E-state index in [1.54, 1.807) is 13.2 Å². The Kier molecular flexibility index (Phi) is 6.25. The SMILES string of the molecule is COc1ccc(C[NH+]2CCN(/C(=C\C#N)c3cccc([N+](=O)[O-])c3)CC2)cc1. The van der Waals surface area contributed by atoms with Gasteiger partial charge in [0.05, 0.1) is 50.0 Å². The molecule has 0 bridgehead atoms. The van der Waals surface area contributed by atoms with E-state index in [-0.39, 0.29) is 5.69 Å². The number of allylic oxidation sites excluding steroid dienone is 1. The number of ether oxygens (including phenoxy) is 1. The fraction of sp³-hybridized carbons (Fsp3) is 0.286. The lowest BCUT2D eigenvalue weighted by Gasteiger charge is -2.35. The van der Waals surface area contributed by atoms with Gasteiger partial charge in [-0.15, -0.1) is 0 Å². The van der Waals surface area contributed by atoms with Gasteiger partial charge in [0.1, 0.15) is 12.3 Å². The minimum absolute atomic E-state index is 0.0325. The van der Waals surface area contributed by atoms with E-state index in [0.29, 0.717) is 5.56 Å². The van der Waals surface area contributed by atoms with Crippen molar-refractivity contribution in [3.05, 3.63) is 75.8 Å². The van der Waals surface area contributed by atoms with Crippen molar-refractivity contribution in [3.8, 4) is 11.8 Å². The molecule has 144 valence electrons. The molecule has 1 heterocycles. The van der Waals surface area contributed by atoms with Crippen molar-refractivity contribution < 1.29 is 14.6 Å². The van der Waals surface area contributed by atoms with Gasteiger partial charge in [0, 0.05) is 29.3 Å². The minimum atomic E-state index is -0.412. The second kappa shape index (κ2) is 9.02. The highest BCUT2D eigenvalue weighted by Gasteiger charge is 2.23. The number of non-ortho nitro benzene ring substituents is 1. The summed E-state index contributed by atoms with van der Waals surface area (Å²) < 4.78 is 5.20. The van der Waals surface area contributed by atoms with Crippen molar-refractivity contribution in [1.29, 1.82) is 5.26 Å². The molecule has 1 aliphatic rings. The number of quaternary nitrogens is 1. The van der Waals surface area contributed by atoms with Gasteiger partial charge in [-0.25, -0.2) is 0 Å². The van der Waals surface area contributed by atoms with Gasteiger partial charge in [0.25, 0.3) is 5.69 Å². The van der Waals surface area contributed by atoms with E-state index in [2.05, 4.69) is 23.1 Å². The molecule has 0 radical (unpaired) electrons. The van der Waals surface area contributed by atoms with Crippen LogP contribution < -0.4 is 9.64 Å². The van der Waals surface area contributed by atoms with Gasteiger partial charge >= 0.3 is 0 Å². The summed E-state index contributed by atoms with van der Waals surface area (Å²) in [5.41, 5.74) is 2.74. The van der Waals surface area contributed by atoms with E-state index in [1.165, 1.54) is 28.7 Å².